The summed E-state index contributed by atoms with van der Waals surface area (Å²) in [5.41, 5.74) is 2.83. The van der Waals surface area contributed by atoms with Crippen molar-refractivity contribution in [3.05, 3.63) is 94.0 Å². The predicted molar refractivity (Wildman–Crippen MR) is 166 cm³/mol. The van der Waals surface area contributed by atoms with E-state index in [0.29, 0.717) is 18.0 Å². The van der Waals surface area contributed by atoms with Gasteiger partial charge >= 0.3 is 0 Å². The van der Waals surface area contributed by atoms with Crippen LogP contribution in [-0.4, -0.2) is 57.6 Å². The highest BCUT2D eigenvalue weighted by Gasteiger charge is 2.33. The molecule has 1 atom stereocenters. The summed E-state index contributed by atoms with van der Waals surface area (Å²) in [6.45, 7) is 4.00. The first-order valence-electron chi connectivity index (χ1n) is 13.5. The third-order valence-electron chi connectivity index (χ3n) is 6.70. The van der Waals surface area contributed by atoms with E-state index in [1.165, 1.54) is 4.90 Å². The lowest BCUT2D eigenvalue weighted by molar-refractivity contribution is -0.140. The number of ether oxygens (including phenoxy) is 1. The van der Waals surface area contributed by atoms with Gasteiger partial charge in [0.05, 0.1) is 19.1 Å². The van der Waals surface area contributed by atoms with Crippen LogP contribution in [0.2, 0.25) is 0 Å². The molecule has 0 saturated heterocycles. The lowest BCUT2D eigenvalue weighted by atomic mass is 10.0. The van der Waals surface area contributed by atoms with E-state index in [9.17, 15) is 18.0 Å². The Bertz CT molecular complexity index is 1430. The molecule has 0 fully saturated rings. The van der Waals surface area contributed by atoms with E-state index in [1.54, 1.807) is 37.4 Å². The number of anilines is 1. The molecule has 0 aliphatic heterocycles. The van der Waals surface area contributed by atoms with Gasteiger partial charge in [-0.1, -0.05) is 71.7 Å². The Hall–Kier alpha value is -3.37. The van der Waals surface area contributed by atoms with Crippen molar-refractivity contribution in [2.45, 2.75) is 45.7 Å². The molecule has 10 heteroatoms. The average molecular weight is 645 g/mol. The van der Waals surface area contributed by atoms with Crippen molar-refractivity contribution in [1.82, 2.24) is 10.2 Å². The molecular weight excluding hydrogens is 606 g/mol. The van der Waals surface area contributed by atoms with Crippen molar-refractivity contribution in [3.63, 3.8) is 0 Å². The molecule has 3 aromatic rings. The summed E-state index contributed by atoms with van der Waals surface area (Å²) < 4.78 is 33.2. The quantitative estimate of drug-likeness (QED) is 0.247. The lowest BCUT2D eigenvalue weighted by Gasteiger charge is -2.33. The molecule has 0 aromatic heterocycles. The van der Waals surface area contributed by atoms with E-state index >= 15 is 0 Å². The van der Waals surface area contributed by atoms with E-state index in [4.69, 9.17) is 4.74 Å². The van der Waals surface area contributed by atoms with Gasteiger partial charge < -0.3 is 15.0 Å². The largest absolute Gasteiger partial charge is 0.497 e. The first-order valence-corrected chi connectivity index (χ1v) is 16.2. The number of benzene rings is 3. The number of amides is 2. The number of halogens is 1. The number of carbonyl (C=O) groups excluding carboxylic acids is 2. The smallest absolute Gasteiger partial charge is 0.244 e. The van der Waals surface area contributed by atoms with E-state index in [1.807, 2.05) is 56.3 Å². The fourth-order valence-corrected chi connectivity index (χ4v) is 5.51. The second-order valence-electron chi connectivity index (χ2n) is 9.93. The monoisotopic (exact) mass is 643 g/mol. The molecule has 220 valence electrons. The van der Waals surface area contributed by atoms with Gasteiger partial charge in [0.25, 0.3) is 0 Å². The first kappa shape index (κ1) is 32.1. The molecule has 3 rings (SSSR count). The number of hydrogen-bond donors (Lipinski definition) is 1. The van der Waals surface area contributed by atoms with Crippen LogP contribution >= 0.6 is 15.9 Å². The molecule has 8 nitrogen and oxygen atoms in total. The van der Waals surface area contributed by atoms with Crippen LogP contribution in [0.15, 0.2) is 77.3 Å². The van der Waals surface area contributed by atoms with E-state index in [2.05, 4.69) is 21.2 Å². The molecule has 0 radical (unpaired) electrons. The molecule has 1 N–H and O–H groups in total. The van der Waals surface area contributed by atoms with Crippen molar-refractivity contribution in [2.75, 3.05) is 30.8 Å². The maximum Gasteiger partial charge on any atom is 0.244 e. The molecule has 2 amide bonds. The highest BCUT2D eigenvalue weighted by molar-refractivity contribution is 9.10. The van der Waals surface area contributed by atoms with Crippen LogP contribution in [0.4, 0.5) is 5.69 Å². The number of methoxy groups -OCH3 is 1. The molecule has 0 spiro atoms. The average Bonchev–Trinajstić information content (AvgIpc) is 2.95. The van der Waals surface area contributed by atoms with Crippen molar-refractivity contribution in [2.24, 2.45) is 0 Å². The number of nitrogens with one attached hydrogen (secondary N) is 1. The Labute approximate surface area is 251 Å². The summed E-state index contributed by atoms with van der Waals surface area (Å²) in [7, 11) is -2.27. The third-order valence-corrected chi connectivity index (χ3v) is 8.73. The number of nitrogens with zero attached hydrogens (tertiary/aromatic N) is 2. The van der Waals surface area contributed by atoms with Crippen molar-refractivity contribution in [1.29, 1.82) is 0 Å². The van der Waals surface area contributed by atoms with Crippen LogP contribution in [-0.2, 0) is 32.6 Å². The maximum atomic E-state index is 14.1. The van der Waals surface area contributed by atoms with Crippen molar-refractivity contribution >= 4 is 43.5 Å². The fraction of sp³-hybridized carbons (Fsp3) is 0.355. The van der Waals surface area contributed by atoms with Gasteiger partial charge in [0.1, 0.15) is 18.3 Å². The van der Waals surface area contributed by atoms with Crippen LogP contribution in [0.3, 0.4) is 0 Å². The summed E-state index contributed by atoms with van der Waals surface area (Å²) in [5.74, 6) is -0.167. The van der Waals surface area contributed by atoms with Crippen LogP contribution < -0.4 is 14.4 Å². The minimum Gasteiger partial charge on any atom is -0.497 e. The Morgan fingerprint density at radius 1 is 1.00 bits per heavy atom. The molecule has 0 unspecified atom stereocenters. The highest BCUT2D eigenvalue weighted by Crippen LogP contribution is 2.26. The second-order valence-corrected chi connectivity index (χ2v) is 12.7. The molecule has 0 heterocycles. The highest BCUT2D eigenvalue weighted by atomic mass is 79.9. The van der Waals surface area contributed by atoms with Gasteiger partial charge in [-0.2, -0.15) is 0 Å². The number of hydrogen-bond acceptors (Lipinski definition) is 5. The number of unbranched alkanes of at least 4 members (excludes halogenated alkanes) is 1. The summed E-state index contributed by atoms with van der Waals surface area (Å²) >= 11 is 3.45. The molecule has 3 aromatic carbocycles. The summed E-state index contributed by atoms with van der Waals surface area (Å²) in [5, 5.41) is 2.98. The number of aryl methyl sites for hydroxylation is 1. The Morgan fingerprint density at radius 2 is 1.71 bits per heavy atom. The standard InChI is InChI=1S/C31H38BrN3O5S/c1-5-6-17-33-31(37)29(20-24-11-8-7-9-12-24)34(21-25-13-10-14-27(19-25)40-3)30(36)22-35(41(4,38)39)26-15-16-28(32)23(2)18-26/h7-16,18-19,29H,5-6,17,20-22H2,1-4H3,(H,33,37)/t29-/m1/s1. The third kappa shape index (κ3) is 9.33. The van der Waals surface area contributed by atoms with E-state index in [0.717, 1.165) is 44.6 Å². The van der Waals surface area contributed by atoms with Gasteiger partial charge in [-0.25, -0.2) is 8.42 Å². The SMILES string of the molecule is CCCCNC(=O)[C@@H](Cc1ccccc1)N(Cc1cccc(OC)c1)C(=O)CN(c1ccc(Br)c(C)c1)S(C)(=O)=O. The van der Waals surface area contributed by atoms with Gasteiger partial charge in [0.15, 0.2) is 0 Å². The zero-order chi connectivity index (χ0) is 30.0. The molecule has 0 aliphatic carbocycles. The van der Waals surface area contributed by atoms with Gasteiger partial charge in [-0.3, -0.25) is 13.9 Å². The van der Waals surface area contributed by atoms with Crippen LogP contribution in [0.25, 0.3) is 0 Å². The van der Waals surface area contributed by atoms with Crippen molar-refractivity contribution in [3.8, 4) is 5.75 Å². The molecular formula is C31H38BrN3O5S. The van der Waals surface area contributed by atoms with Gasteiger partial charge in [-0.05, 0) is 60.4 Å². The van der Waals surface area contributed by atoms with Gasteiger partial charge in [0, 0.05) is 24.0 Å². The van der Waals surface area contributed by atoms with Crippen LogP contribution in [0, 0.1) is 6.92 Å². The fourth-order valence-electron chi connectivity index (χ4n) is 4.43. The Morgan fingerprint density at radius 3 is 2.34 bits per heavy atom. The van der Waals surface area contributed by atoms with Gasteiger partial charge in [-0.15, -0.1) is 0 Å². The van der Waals surface area contributed by atoms with Crippen LogP contribution in [0.1, 0.15) is 36.5 Å². The van der Waals surface area contributed by atoms with E-state index in [-0.39, 0.29) is 18.9 Å². The van der Waals surface area contributed by atoms with E-state index < -0.39 is 28.5 Å². The Kier molecular flexibility index (Phi) is 11.8. The number of rotatable bonds is 14. The molecule has 41 heavy (non-hydrogen) atoms. The lowest BCUT2D eigenvalue weighted by Crippen LogP contribution is -2.53. The minimum atomic E-state index is -3.83. The number of sulfonamides is 1. The summed E-state index contributed by atoms with van der Waals surface area (Å²) in [6.07, 6.45) is 3.05. The minimum absolute atomic E-state index is 0.0890. The number of carbonyl (C=O) groups is 2. The normalized spacial score (nSPS) is 11.9. The predicted octanol–water partition coefficient (Wildman–Crippen LogP) is 5.09. The van der Waals surface area contributed by atoms with Crippen LogP contribution in [0.5, 0.6) is 5.75 Å². The zero-order valence-electron chi connectivity index (χ0n) is 24.0. The maximum absolute atomic E-state index is 14.1. The molecule has 0 saturated carbocycles. The second kappa shape index (κ2) is 15.0. The van der Waals surface area contributed by atoms with Gasteiger partial charge in [0.2, 0.25) is 21.8 Å². The first-order chi connectivity index (χ1) is 19.5. The Balaban J connectivity index is 2.06. The topological polar surface area (TPSA) is 96.0 Å². The van der Waals surface area contributed by atoms with Crippen molar-refractivity contribution < 1.29 is 22.7 Å². The molecule has 0 aliphatic rings. The summed E-state index contributed by atoms with van der Waals surface area (Å²) in [6, 6.07) is 21.0. The molecule has 0 bridgehead atoms. The zero-order valence-corrected chi connectivity index (χ0v) is 26.4. The summed E-state index contributed by atoms with van der Waals surface area (Å²) in [4.78, 5) is 29.3.